The molecule has 1 rings (SSSR count). The molecule has 0 aliphatic heterocycles. The van der Waals surface area contributed by atoms with Crippen LogP contribution in [0.1, 0.15) is 31.9 Å². The van der Waals surface area contributed by atoms with Crippen molar-refractivity contribution in [3.8, 4) is 6.07 Å². The quantitative estimate of drug-likeness (QED) is 0.461. The predicted octanol–water partition coefficient (Wildman–Crippen LogP) is 3.36. The van der Waals surface area contributed by atoms with Gasteiger partial charge in [-0.05, 0) is 23.5 Å². The Bertz CT molecular complexity index is 510. The van der Waals surface area contributed by atoms with Gasteiger partial charge in [0.25, 0.3) is 0 Å². The van der Waals surface area contributed by atoms with Crippen molar-refractivity contribution in [3.63, 3.8) is 0 Å². The first-order valence-corrected chi connectivity index (χ1v) is 6.45. The summed E-state index contributed by atoms with van der Waals surface area (Å²) in [5, 5.41) is 9.20. The van der Waals surface area contributed by atoms with Crippen molar-refractivity contribution in [2.24, 2.45) is 5.92 Å². The summed E-state index contributed by atoms with van der Waals surface area (Å²) in [6, 6.07) is 9.67. The van der Waals surface area contributed by atoms with Gasteiger partial charge in [0, 0.05) is 6.08 Å². The summed E-state index contributed by atoms with van der Waals surface area (Å²) < 4.78 is 5.06. The van der Waals surface area contributed by atoms with Crippen molar-refractivity contribution in [1.82, 2.24) is 0 Å². The van der Waals surface area contributed by atoms with Crippen molar-refractivity contribution in [2.75, 3.05) is 6.61 Å². The molecule has 0 saturated heterocycles. The number of nitriles is 1. The number of hydrogen-bond donors (Lipinski definition) is 0. The van der Waals surface area contributed by atoms with E-state index >= 15 is 0 Å². The van der Waals surface area contributed by atoms with Gasteiger partial charge in [-0.1, -0.05) is 45.0 Å². The fraction of sp³-hybridized carbons (Fsp3) is 0.375. The smallest absolute Gasteiger partial charge is 0.332 e. The molecule has 0 radical (unpaired) electrons. The Balaban J connectivity index is 2.94. The monoisotopic (exact) mass is 257 g/mol. The summed E-state index contributed by atoms with van der Waals surface area (Å²) in [5.74, 6) is -0.179. The van der Waals surface area contributed by atoms with E-state index in [1.165, 1.54) is 6.08 Å². The lowest BCUT2D eigenvalue weighted by Gasteiger charge is -2.07. The summed E-state index contributed by atoms with van der Waals surface area (Å²) in [4.78, 5) is 11.6. The van der Waals surface area contributed by atoms with Crippen LogP contribution < -0.4 is 0 Å². The molecule has 0 N–H and O–H groups in total. The number of esters is 1. The fourth-order valence-corrected chi connectivity index (χ4v) is 1.67. The largest absolute Gasteiger partial charge is 0.462 e. The van der Waals surface area contributed by atoms with Gasteiger partial charge in [-0.2, -0.15) is 5.26 Å². The van der Waals surface area contributed by atoms with E-state index in [4.69, 9.17) is 4.74 Å². The molecule has 0 unspecified atom stereocenters. The van der Waals surface area contributed by atoms with Crippen LogP contribution in [0.15, 0.2) is 30.3 Å². The van der Waals surface area contributed by atoms with Crippen molar-refractivity contribution < 1.29 is 9.53 Å². The van der Waals surface area contributed by atoms with Crippen molar-refractivity contribution in [2.45, 2.75) is 27.2 Å². The van der Waals surface area contributed by atoms with Crippen LogP contribution in [-0.2, 0) is 16.0 Å². The van der Waals surface area contributed by atoms with Crippen molar-refractivity contribution in [1.29, 1.82) is 5.26 Å². The molecule has 0 aliphatic rings. The van der Waals surface area contributed by atoms with Crippen LogP contribution in [0.5, 0.6) is 0 Å². The molecule has 0 heterocycles. The number of aryl methyl sites for hydroxylation is 1. The van der Waals surface area contributed by atoms with Gasteiger partial charge in [0.15, 0.2) is 0 Å². The Morgan fingerprint density at radius 2 is 2.11 bits per heavy atom. The van der Waals surface area contributed by atoms with Crippen molar-refractivity contribution >= 4 is 11.5 Å². The summed E-state index contributed by atoms with van der Waals surface area (Å²) in [6.45, 7) is 6.32. The molecule has 0 bridgehead atoms. The Morgan fingerprint density at radius 3 is 2.68 bits per heavy atom. The standard InChI is InChI=1S/C16H19NO2/c1-4-13-7-5-6-8-15(13)14(10-17)9-16(18)19-11-12(2)3/h5-9,12H,4,11H2,1-3H3. The number of carbonyl (C=O) groups is 1. The Kier molecular flexibility index (Phi) is 5.81. The molecule has 0 amide bonds. The molecule has 3 nitrogen and oxygen atoms in total. The average molecular weight is 257 g/mol. The first-order chi connectivity index (χ1) is 9.08. The zero-order chi connectivity index (χ0) is 14.3. The highest BCUT2D eigenvalue weighted by Crippen LogP contribution is 2.19. The van der Waals surface area contributed by atoms with E-state index in [1.54, 1.807) is 0 Å². The van der Waals surface area contributed by atoms with Gasteiger partial charge >= 0.3 is 5.97 Å². The number of rotatable bonds is 5. The van der Waals surface area contributed by atoms with Gasteiger partial charge in [0.05, 0.1) is 12.2 Å². The third kappa shape index (κ3) is 4.59. The number of ether oxygens (including phenoxy) is 1. The maximum Gasteiger partial charge on any atom is 0.332 e. The minimum atomic E-state index is -0.462. The highest BCUT2D eigenvalue weighted by Gasteiger charge is 2.09. The van der Waals surface area contributed by atoms with E-state index in [9.17, 15) is 10.1 Å². The number of carbonyl (C=O) groups excluding carboxylic acids is 1. The average Bonchev–Trinajstić information content (AvgIpc) is 2.42. The molecule has 3 heteroatoms. The van der Waals surface area contributed by atoms with E-state index in [-0.39, 0.29) is 5.92 Å². The summed E-state index contributed by atoms with van der Waals surface area (Å²) in [6.07, 6.45) is 2.09. The molecule has 0 spiro atoms. The number of benzene rings is 1. The Morgan fingerprint density at radius 1 is 1.42 bits per heavy atom. The first-order valence-electron chi connectivity index (χ1n) is 6.45. The maximum absolute atomic E-state index is 11.6. The molecular weight excluding hydrogens is 238 g/mol. The molecule has 19 heavy (non-hydrogen) atoms. The normalized spacial score (nSPS) is 11.2. The van der Waals surface area contributed by atoms with Crippen LogP contribution in [0.3, 0.4) is 0 Å². The lowest BCUT2D eigenvalue weighted by Crippen LogP contribution is -2.08. The van der Waals surface area contributed by atoms with E-state index in [0.717, 1.165) is 17.5 Å². The summed E-state index contributed by atoms with van der Waals surface area (Å²) >= 11 is 0. The van der Waals surface area contributed by atoms with Gasteiger partial charge in [-0.25, -0.2) is 4.79 Å². The molecule has 1 aromatic rings. The molecule has 0 atom stereocenters. The van der Waals surface area contributed by atoms with Gasteiger partial charge in [-0.15, -0.1) is 0 Å². The highest BCUT2D eigenvalue weighted by atomic mass is 16.5. The molecule has 0 aliphatic carbocycles. The summed E-state index contributed by atoms with van der Waals surface area (Å²) in [5.41, 5.74) is 2.20. The van der Waals surface area contributed by atoms with Crippen LogP contribution in [0.25, 0.3) is 5.57 Å². The molecule has 0 saturated carbocycles. The van der Waals surface area contributed by atoms with Gasteiger partial charge in [0.2, 0.25) is 0 Å². The Labute approximate surface area is 114 Å². The van der Waals surface area contributed by atoms with E-state index < -0.39 is 5.97 Å². The van der Waals surface area contributed by atoms with E-state index in [0.29, 0.717) is 12.2 Å². The number of hydrogen-bond acceptors (Lipinski definition) is 3. The molecule has 0 aromatic heterocycles. The van der Waals surface area contributed by atoms with Crippen LogP contribution in [-0.4, -0.2) is 12.6 Å². The van der Waals surface area contributed by atoms with Gasteiger partial charge in [-0.3, -0.25) is 0 Å². The van der Waals surface area contributed by atoms with Crippen molar-refractivity contribution in [3.05, 3.63) is 41.5 Å². The third-order valence-electron chi connectivity index (χ3n) is 2.63. The third-order valence-corrected chi connectivity index (χ3v) is 2.63. The molecule has 1 aromatic carbocycles. The van der Waals surface area contributed by atoms with Gasteiger partial charge < -0.3 is 4.74 Å². The van der Waals surface area contributed by atoms with Crippen LogP contribution in [0.4, 0.5) is 0 Å². The maximum atomic E-state index is 11.6. The number of allylic oxidation sites excluding steroid dienone is 1. The Hall–Kier alpha value is -2.08. The zero-order valence-electron chi connectivity index (χ0n) is 11.6. The first kappa shape index (κ1) is 15.0. The summed E-state index contributed by atoms with van der Waals surface area (Å²) in [7, 11) is 0. The van der Waals surface area contributed by atoms with E-state index in [2.05, 4.69) is 6.07 Å². The van der Waals surface area contributed by atoms with E-state index in [1.807, 2.05) is 45.0 Å². The number of nitrogens with zero attached hydrogens (tertiary/aromatic N) is 1. The minimum Gasteiger partial charge on any atom is -0.462 e. The molecule has 0 fully saturated rings. The van der Waals surface area contributed by atoms with Crippen LogP contribution in [0.2, 0.25) is 0 Å². The SMILES string of the molecule is CCc1ccccc1C(C#N)=CC(=O)OCC(C)C. The molecular formula is C16H19NO2. The lowest BCUT2D eigenvalue weighted by atomic mass is 9.98. The van der Waals surface area contributed by atoms with Crippen LogP contribution >= 0.6 is 0 Å². The molecule has 100 valence electrons. The topological polar surface area (TPSA) is 50.1 Å². The minimum absolute atomic E-state index is 0.283. The lowest BCUT2D eigenvalue weighted by molar-refractivity contribution is -0.138. The second-order valence-corrected chi connectivity index (χ2v) is 4.70. The second-order valence-electron chi connectivity index (χ2n) is 4.70. The fourth-order valence-electron chi connectivity index (χ4n) is 1.67. The van der Waals surface area contributed by atoms with Gasteiger partial charge in [0.1, 0.15) is 6.07 Å². The second kappa shape index (κ2) is 7.38. The van der Waals surface area contributed by atoms with Crippen LogP contribution in [0, 0.1) is 17.2 Å². The highest BCUT2D eigenvalue weighted by molar-refractivity contribution is 5.95. The zero-order valence-corrected chi connectivity index (χ0v) is 11.6. The predicted molar refractivity (Wildman–Crippen MR) is 75.2 cm³/mol.